The van der Waals surface area contributed by atoms with Crippen LogP contribution in [0.25, 0.3) is 10.4 Å². The van der Waals surface area contributed by atoms with E-state index >= 15 is 0 Å². The van der Waals surface area contributed by atoms with Gasteiger partial charge in [0, 0.05) is 41.3 Å². The molecule has 0 saturated carbocycles. The summed E-state index contributed by atoms with van der Waals surface area (Å²) >= 11 is 0. The number of amides is 1. The monoisotopic (exact) mass is 406 g/mol. The highest BCUT2D eigenvalue weighted by Crippen LogP contribution is 2.44. The first-order valence-corrected chi connectivity index (χ1v) is 9.30. The number of alkyl carbamates (subject to hydrolysis) is 1. The maximum atomic E-state index is 13.3. The predicted octanol–water partition coefficient (Wildman–Crippen LogP) is 3.24. The van der Waals surface area contributed by atoms with Gasteiger partial charge in [0.25, 0.3) is 0 Å². The molecule has 2 aromatic rings. The fraction of sp³-hybridized carbons (Fsp3) is 0.286. The number of carbonyl (C=O) groups is 3. The molecule has 0 spiro atoms. The van der Waals surface area contributed by atoms with E-state index in [2.05, 4.69) is 15.3 Å². The first-order chi connectivity index (χ1) is 14.5. The normalized spacial score (nSPS) is 18.7. The van der Waals surface area contributed by atoms with Crippen LogP contribution in [0.15, 0.2) is 35.4 Å². The number of hydrogen-bond acceptors (Lipinski definition) is 6. The van der Waals surface area contributed by atoms with Gasteiger partial charge in [0.1, 0.15) is 6.61 Å². The Morgan fingerprint density at radius 1 is 1.23 bits per heavy atom. The SMILES string of the molecule is CNC(=O)OCc1cc2c(c3c1[C@H](OC)[C@@H](N=[N+]=[N-])C3)C(=O)c1ccccc1C2=O. The quantitative estimate of drug-likeness (QED) is 0.404. The summed E-state index contributed by atoms with van der Waals surface area (Å²) < 4.78 is 10.8. The Morgan fingerprint density at radius 3 is 2.57 bits per heavy atom. The van der Waals surface area contributed by atoms with E-state index < -0.39 is 18.2 Å². The molecule has 1 amide bonds. The maximum absolute atomic E-state index is 13.3. The molecule has 152 valence electrons. The number of fused-ring (bicyclic) bond motifs is 4. The van der Waals surface area contributed by atoms with Crippen LogP contribution in [-0.2, 0) is 22.5 Å². The smallest absolute Gasteiger partial charge is 0.407 e. The molecule has 0 radical (unpaired) electrons. The van der Waals surface area contributed by atoms with Gasteiger partial charge < -0.3 is 14.8 Å². The number of azide groups is 1. The zero-order chi connectivity index (χ0) is 21.4. The molecule has 0 heterocycles. The number of ether oxygens (including phenoxy) is 2. The summed E-state index contributed by atoms with van der Waals surface area (Å²) in [7, 11) is 2.92. The minimum absolute atomic E-state index is 0.124. The van der Waals surface area contributed by atoms with E-state index in [1.54, 1.807) is 30.3 Å². The van der Waals surface area contributed by atoms with Crippen LogP contribution in [-0.4, -0.2) is 37.9 Å². The van der Waals surface area contributed by atoms with Crippen molar-refractivity contribution in [2.45, 2.75) is 25.2 Å². The van der Waals surface area contributed by atoms with Gasteiger partial charge in [0.2, 0.25) is 0 Å². The number of hydrogen-bond donors (Lipinski definition) is 1. The minimum atomic E-state index is -0.632. The molecule has 1 N–H and O–H groups in total. The number of ketones is 2. The first kappa shape index (κ1) is 19.6. The zero-order valence-corrected chi connectivity index (χ0v) is 16.3. The van der Waals surface area contributed by atoms with Gasteiger partial charge in [0.05, 0.1) is 12.1 Å². The second kappa shape index (κ2) is 7.62. The molecule has 0 aliphatic heterocycles. The Hall–Kier alpha value is -3.68. The van der Waals surface area contributed by atoms with Crippen molar-refractivity contribution in [2.24, 2.45) is 5.11 Å². The number of nitrogens with one attached hydrogen (secondary N) is 1. The molecule has 9 nitrogen and oxygen atoms in total. The number of rotatable bonds is 4. The molecule has 0 unspecified atom stereocenters. The van der Waals surface area contributed by atoms with Crippen molar-refractivity contribution in [1.82, 2.24) is 5.32 Å². The number of nitrogens with zero attached hydrogens (tertiary/aromatic N) is 3. The third-order valence-electron chi connectivity index (χ3n) is 5.51. The third-order valence-corrected chi connectivity index (χ3v) is 5.51. The molecule has 30 heavy (non-hydrogen) atoms. The highest BCUT2D eigenvalue weighted by atomic mass is 16.5. The molecule has 2 aromatic carbocycles. The van der Waals surface area contributed by atoms with Gasteiger partial charge in [-0.25, -0.2) is 4.79 Å². The van der Waals surface area contributed by atoms with Crippen molar-refractivity contribution in [3.8, 4) is 0 Å². The Morgan fingerprint density at radius 2 is 1.93 bits per heavy atom. The van der Waals surface area contributed by atoms with Gasteiger partial charge in [-0.05, 0) is 34.7 Å². The van der Waals surface area contributed by atoms with Crippen LogP contribution in [0.4, 0.5) is 4.79 Å². The molecule has 0 bridgehead atoms. The third kappa shape index (κ3) is 2.92. The Balaban J connectivity index is 1.94. The summed E-state index contributed by atoms with van der Waals surface area (Å²) in [5.41, 5.74) is 12.0. The number of carbonyl (C=O) groups excluding carboxylic acids is 3. The summed E-state index contributed by atoms with van der Waals surface area (Å²) in [5.74, 6) is -0.531. The van der Waals surface area contributed by atoms with Gasteiger partial charge in [-0.15, -0.1) is 0 Å². The summed E-state index contributed by atoms with van der Waals surface area (Å²) in [4.78, 5) is 41.0. The lowest BCUT2D eigenvalue weighted by atomic mass is 9.79. The van der Waals surface area contributed by atoms with Gasteiger partial charge in [-0.1, -0.05) is 29.4 Å². The second-order valence-corrected chi connectivity index (χ2v) is 7.01. The van der Waals surface area contributed by atoms with E-state index in [9.17, 15) is 14.4 Å². The van der Waals surface area contributed by atoms with Crippen LogP contribution in [0.2, 0.25) is 0 Å². The van der Waals surface area contributed by atoms with Gasteiger partial charge in [0.15, 0.2) is 11.6 Å². The average Bonchev–Trinajstić information content (AvgIpc) is 3.13. The fourth-order valence-corrected chi connectivity index (χ4v) is 4.27. The van der Waals surface area contributed by atoms with Crippen LogP contribution in [0.3, 0.4) is 0 Å². The predicted molar refractivity (Wildman–Crippen MR) is 105 cm³/mol. The number of methoxy groups -OCH3 is 1. The van der Waals surface area contributed by atoms with E-state index in [4.69, 9.17) is 15.0 Å². The Kier molecular flexibility index (Phi) is 4.99. The fourth-order valence-electron chi connectivity index (χ4n) is 4.27. The van der Waals surface area contributed by atoms with Crippen LogP contribution in [0.1, 0.15) is 54.6 Å². The maximum Gasteiger partial charge on any atom is 0.407 e. The topological polar surface area (TPSA) is 130 Å². The first-order valence-electron chi connectivity index (χ1n) is 9.30. The van der Waals surface area contributed by atoms with Crippen molar-refractivity contribution >= 4 is 17.7 Å². The molecular weight excluding hydrogens is 388 g/mol. The van der Waals surface area contributed by atoms with Crippen molar-refractivity contribution < 1.29 is 23.9 Å². The Bertz CT molecular complexity index is 1140. The molecule has 2 aliphatic rings. The van der Waals surface area contributed by atoms with E-state index in [-0.39, 0.29) is 30.2 Å². The lowest BCUT2D eigenvalue weighted by Gasteiger charge is -2.23. The summed E-state index contributed by atoms with van der Waals surface area (Å²) in [6.45, 7) is -0.124. The molecule has 9 heteroatoms. The van der Waals surface area contributed by atoms with Gasteiger partial charge in [-0.3, -0.25) is 9.59 Å². The highest BCUT2D eigenvalue weighted by Gasteiger charge is 2.41. The second-order valence-electron chi connectivity index (χ2n) is 7.01. The average molecular weight is 406 g/mol. The largest absolute Gasteiger partial charge is 0.445 e. The zero-order valence-electron chi connectivity index (χ0n) is 16.3. The minimum Gasteiger partial charge on any atom is -0.445 e. The standard InChI is InChI=1S/C21H18N4O5/c1-23-21(28)30-9-10-7-14-17(13-8-15(24-25-22)20(29-2)16(10)13)19(27)12-6-4-3-5-11(12)18(14)26/h3-7,15,20H,8-9H2,1-2H3,(H,23,28)/t15-,20+/m0/s1. The van der Waals surface area contributed by atoms with Crippen LogP contribution >= 0.6 is 0 Å². The highest BCUT2D eigenvalue weighted by molar-refractivity contribution is 6.29. The van der Waals surface area contributed by atoms with Gasteiger partial charge >= 0.3 is 6.09 Å². The van der Waals surface area contributed by atoms with Crippen molar-refractivity contribution in [1.29, 1.82) is 0 Å². The number of benzene rings is 2. The Labute approximate surface area is 171 Å². The molecular formula is C21H18N4O5. The lowest BCUT2D eigenvalue weighted by molar-refractivity contribution is 0.0875. The van der Waals surface area contributed by atoms with E-state index in [0.29, 0.717) is 33.4 Å². The summed E-state index contributed by atoms with van der Waals surface area (Å²) in [6, 6.07) is 7.66. The van der Waals surface area contributed by atoms with Crippen LogP contribution in [0.5, 0.6) is 0 Å². The van der Waals surface area contributed by atoms with E-state index in [1.807, 2.05) is 0 Å². The molecule has 0 aromatic heterocycles. The van der Waals surface area contributed by atoms with E-state index in [1.165, 1.54) is 14.2 Å². The molecule has 2 atom stereocenters. The summed E-state index contributed by atoms with van der Waals surface area (Å²) in [6.07, 6.45) is -1.01. The molecule has 4 rings (SSSR count). The van der Waals surface area contributed by atoms with Crippen molar-refractivity contribution in [3.05, 3.63) is 79.7 Å². The van der Waals surface area contributed by atoms with Gasteiger partial charge in [-0.2, -0.15) is 0 Å². The molecule has 2 aliphatic carbocycles. The lowest BCUT2D eigenvalue weighted by Crippen LogP contribution is -2.24. The molecule has 0 saturated heterocycles. The van der Waals surface area contributed by atoms with Crippen LogP contribution < -0.4 is 5.32 Å². The van der Waals surface area contributed by atoms with Crippen molar-refractivity contribution in [3.63, 3.8) is 0 Å². The van der Waals surface area contributed by atoms with Crippen LogP contribution in [0, 0.1) is 0 Å². The molecule has 0 fully saturated rings. The summed E-state index contributed by atoms with van der Waals surface area (Å²) in [5, 5.41) is 6.19. The van der Waals surface area contributed by atoms with Crippen molar-refractivity contribution in [2.75, 3.05) is 14.2 Å². The van der Waals surface area contributed by atoms with E-state index in [0.717, 1.165) is 0 Å².